The maximum Gasteiger partial charge on any atom is 0.519 e. The van der Waals surface area contributed by atoms with Crippen LogP contribution in [-0.4, -0.2) is 41.4 Å². The molecule has 0 atom stereocenters. The monoisotopic (exact) mass is 391 g/mol. The van der Waals surface area contributed by atoms with E-state index in [1.165, 1.54) is 12.3 Å². The summed E-state index contributed by atoms with van der Waals surface area (Å²) < 4.78 is 14.6. The normalized spacial score (nSPS) is 10.7. The van der Waals surface area contributed by atoms with Crippen LogP contribution < -0.4 is 11.1 Å². The number of rotatable bonds is 10. The number of carbonyl (C=O) groups excluding carboxylic acids is 2. The summed E-state index contributed by atoms with van der Waals surface area (Å²) in [6, 6.07) is 3.11. The zero-order chi connectivity index (χ0) is 20.5. The molecule has 0 aliphatic heterocycles. The number of esters is 1. The summed E-state index contributed by atoms with van der Waals surface area (Å²) in [7, 11) is 0. The van der Waals surface area contributed by atoms with Gasteiger partial charge in [-0.3, -0.25) is 9.78 Å². The number of nitrogens with zero attached hydrogens (tertiary/aromatic N) is 2. The van der Waals surface area contributed by atoms with Gasteiger partial charge in [-0.25, -0.2) is 9.59 Å². The van der Waals surface area contributed by atoms with Crippen molar-refractivity contribution < 1.29 is 23.2 Å². The van der Waals surface area contributed by atoms with E-state index in [1.807, 2.05) is 13.8 Å². The van der Waals surface area contributed by atoms with Crippen molar-refractivity contribution in [2.45, 2.75) is 40.3 Å². The molecular weight excluding hydrogens is 366 g/mol. The molecule has 0 fully saturated rings. The van der Waals surface area contributed by atoms with Gasteiger partial charge in [0.15, 0.2) is 18.1 Å². The lowest BCUT2D eigenvalue weighted by Crippen LogP contribution is -2.38. The van der Waals surface area contributed by atoms with Gasteiger partial charge in [-0.2, -0.15) is 0 Å². The van der Waals surface area contributed by atoms with Gasteiger partial charge in [-0.15, -0.1) is 0 Å². The van der Waals surface area contributed by atoms with Crippen molar-refractivity contribution in [3.05, 3.63) is 51.7 Å². The fraction of sp³-hybridized carbons (Fsp3) is 0.474. The lowest BCUT2D eigenvalue weighted by molar-refractivity contribution is -0.130. The summed E-state index contributed by atoms with van der Waals surface area (Å²) in [5.41, 5.74) is 0.912. The Balaban J connectivity index is 1.87. The van der Waals surface area contributed by atoms with Gasteiger partial charge in [0.1, 0.15) is 0 Å². The molecule has 1 N–H and O–H groups in total. The van der Waals surface area contributed by atoms with Crippen molar-refractivity contribution >= 4 is 11.9 Å². The van der Waals surface area contributed by atoms with Crippen molar-refractivity contribution in [1.29, 1.82) is 0 Å². The van der Waals surface area contributed by atoms with Gasteiger partial charge in [0.2, 0.25) is 5.91 Å². The molecule has 0 unspecified atom stereocenters. The number of hydrogen-bond donors (Lipinski definition) is 1. The third-order valence-corrected chi connectivity index (χ3v) is 4.03. The lowest BCUT2D eigenvalue weighted by atomic mass is 10.2. The first-order valence-electron chi connectivity index (χ1n) is 9.14. The molecule has 0 aliphatic carbocycles. The van der Waals surface area contributed by atoms with Gasteiger partial charge < -0.3 is 23.8 Å². The average Bonchev–Trinajstić information content (AvgIpc) is 3.01. The van der Waals surface area contributed by atoms with Gasteiger partial charge in [0.25, 0.3) is 0 Å². The molecule has 2 heterocycles. The molecule has 9 nitrogen and oxygen atoms in total. The molecule has 0 saturated carbocycles. The van der Waals surface area contributed by atoms with Crippen LogP contribution in [0.1, 0.15) is 47.8 Å². The number of aryl methyl sites for hydroxylation is 1. The van der Waals surface area contributed by atoms with Gasteiger partial charge in [-0.05, 0) is 32.4 Å². The second-order valence-electron chi connectivity index (χ2n) is 6.12. The largest absolute Gasteiger partial charge is 0.519 e. The Hall–Kier alpha value is -2.94. The Morgan fingerprint density at radius 3 is 2.71 bits per heavy atom. The Bertz CT molecular complexity index is 857. The third-order valence-electron chi connectivity index (χ3n) is 4.03. The molecule has 0 bridgehead atoms. The quantitative estimate of drug-likeness (QED) is 0.608. The highest BCUT2D eigenvalue weighted by Gasteiger charge is 2.14. The van der Waals surface area contributed by atoms with E-state index in [0.29, 0.717) is 24.3 Å². The second kappa shape index (κ2) is 10.4. The molecule has 0 saturated heterocycles. The SMILES string of the molecule is CCCN(CC)C(=O)CNCc1cc(C(=O)OCc2oc(=O)oc2C)ccn1. The fourth-order valence-electron chi connectivity index (χ4n) is 2.56. The molecule has 2 rings (SSSR count). The summed E-state index contributed by atoms with van der Waals surface area (Å²) in [4.78, 5) is 41.3. The molecule has 9 heteroatoms. The maximum absolute atomic E-state index is 12.2. The Morgan fingerprint density at radius 2 is 2.07 bits per heavy atom. The van der Waals surface area contributed by atoms with Crippen LogP contribution in [0.3, 0.4) is 0 Å². The molecule has 0 aliphatic rings. The number of amides is 1. The molecule has 2 aromatic heterocycles. The third kappa shape index (κ3) is 6.05. The van der Waals surface area contributed by atoms with Crippen LogP contribution in [0.4, 0.5) is 0 Å². The Labute approximate surface area is 162 Å². The number of pyridine rings is 1. The van der Waals surface area contributed by atoms with E-state index in [9.17, 15) is 14.4 Å². The van der Waals surface area contributed by atoms with E-state index in [4.69, 9.17) is 13.6 Å². The highest BCUT2D eigenvalue weighted by molar-refractivity contribution is 5.89. The van der Waals surface area contributed by atoms with Crippen LogP contribution in [0.25, 0.3) is 0 Å². The van der Waals surface area contributed by atoms with Gasteiger partial charge in [-0.1, -0.05) is 6.92 Å². The number of aromatic nitrogens is 1. The van der Waals surface area contributed by atoms with Crippen molar-refractivity contribution in [1.82, 2.24) is 15.2 Å². The van der Waals surface area contributed by atoms with E-state index in [2.05, 4.69) is 10.3 Å². The summed E-state index contributed by atoms with van der Waals surface area (Å²) in [6.07, 6.45) is 2.40. The minimum absolute atomic E-state index is 0.0249. The van der Waals surface area contributed by atoms with E-state index in [1.54, 1.807) is 17.9 Å². The van der Waals surface area contributed by atoms with Gasteiger partial charge in [0, 0.05) is 25.8 Å². The summed E-state index contributed by atoms with van der Waals surface area (Å²) in [5, 5.41) is 3.04. The van der Waals surface area contributed by atoms with Crippen molar-refractivity contribution in [2.75, 3.05) is 19.6 Å². The average molecular weight is 391 g/mol. The topological polar surface area (TPSA) is 115 Å². The first-order valence-corrected chi connectivity index (χ1v) is 9.14. The lowest BCUT2D eigenvalue weighted by Gasteiger charge is -2.20. The highest BCUT2D eigenvalue weighted by atomic mass is 16.6. The number of likely N-dealkylation sites (N-methyl/N-ethyl adjacent to an activating group) is 1. The van der Waals surface area contributed by atoms with Gasteiger partial charge >= 0.3 is 11.8 Å². The zero-order valence-corrected chi connectivity index (χ0v) is 16.3. The molecule has 0 spiro atoms. The van der Waals surface area contributed by atoms with Crippen LogP contribution in [-0.2, 0) is 22.7 Å². The smallest absolute Gasteiger partial charge is 0.454 e. The maximum atomic E-state index is 12.2. The molecule has 152 valence electrons. The molecule has 1 amide bonds. The minimum Gasteiger partial charge on any atom is -0.454 e. The Kier molecular flexibility index (Phi) is 7.94. The predicted octanol–water partition coefficient (Wildman–Crippen LogP) is 1.64. The van der Waals surface area contributed by atoms with E-state index < -0.39 is 11.8 Å². The number of nitrogens with one attached hydrogen (secondary N) is 1. The Morgan fingerprint density at radius 1 is 1.29 bits per heavy atom. The van der Waals surface area contributed by atoms with E-state index >= 15 is 0 Å². The van der Waals surface area contributed by atoms with Crippen LogP contribution >= 0.6 is 0 Å². The fourth-order valence-corrected chi connectivity index (χ4v) is 2.56. The van der Waals surface area contributed by atoms with Crippen LogP contribution in [0.5, 0.6) is 0 Å². The van der Waals surface area contributed by atoms with Crippen LogP contribution in [0, 0.1) is 6.92 Å². The summed E-state index contributed by atoms with van der Waals surface area (Å²) in [6.45, 7) is 7.25. The van der Waals surface area contributed by atoms with Crippen molar-refractivity contribution in [3.8, 4) is 0 Å². The van der Waals surface area contributed by atoms with E-state index in [-0.39, 0.29) is 30.6 Å². The standard InChI is InChI=1S/C19H25N3O6/c1-4-8-22(5-2)17(23)11-20-10-15-9-14(6-7-21-15)18(24)26-12-16-13(3)27-19(25)28-16/h6-7,9,20H,4-5,8,10-12H2,1-3H3. The molecule has 28 heavy (non-hydrogen) atoms. The first kappa shape index (κ1) is 21.4. The number of carbonyl (C=O) groups is 2. The van der Waals surface area contributed by atoms with Crippen LogP contribution in [0.15, 0.2) is 32.0 Å². The van der Waals surface area contributed by atoms with E-state index in [0.717, 1.165) is 13.0 Å². The molecule has 0 aromatic carbocycles. The zero-order valence-electron chi connectivity index (χ0n) is 16.3. The minimum atomic E-state index is -0.837. The second-order valence-corrected chi connectivity index (χ2v) is 6.12. The molecular formula is C19H25N3O6. The first-order chi connectivity index (χ1) is 13.4. The van der Waals surface area contributed by atoms with Crippen molar-refractivity contribution in [2.24, 2.45) is 0 Å². The number of ether oxygens (including phenoxy) is 1. The predicted molar refractivity (Wildman–Crippen MR) is 99.6 cm³/mol. The summed E-state index contributed by atoms with van der Waals surface area (Å²) >= 11 is 0. The molecule has 2 aromatic rings. The van der Waals surface area contributed by atoms with Crippen molar-refractivity contribution in [3.63, 3.8) is 0 Å². The van der Waals surface area contributed by atoms with Crippen LogP contribution in [0.2, 0.25) is 0 Å². The summed E-state index contributed by atoms with van der Waals surface area (Å²) in [5.74, 6) is -0.956. The van der Waals surface area contributed by atoms with Gasteiger partial charge in [0.05, 0.1) is 17.8 Å². The highest BCUT2D eigenvalue weighted by Crippen LogP contribution is 2.10. The number of hydrogen-bond acceptors (Lipinski definition) is 8. The molecule has 0 radical (unpaired) electrons.